The Kier molecular flexibility index (Phi) is 5.37. The lowest BCUT2D eigenvalue weighted by Gasteiger charge is -2.06. The highest BCUT2D eigenvalue weighted by molar-refractivity contribution is 7.17. The van der Waals surface area contributed by atoms with E-state index in [1.165, 1.54) is 35.4 Å². The van der Waals surface area contributed by atoms with E-state index in [9.17, 15) is 18.0 Å². The van der Waals surface area contributed by atoms with Gasteiger partial charge in [-0.2, -0.15) is 13.2 Å². The van der Waals surface area contributed by atoms with Crippen LogP contribution in [0.2, 0.25) is 0 Å². The molecule has 0 unspecified atom stereocenters. The number of aromatic nitrogens is 3. The summed E-state index contributed by atoms with van der Waals surface area (Å²) >= 11 is 0.963. The van der Waals surface area contributed by atoms with Gasteiger partial charge in [0.15, 0.2) is 5.13 Å². The second kappa shape index (κ2) is 7.30. The van der Waals surface area contributed by atoms with E-state index in [1.807, 2.05) is 0 Å². The number of hydrogen-bond donors (Lipinski definition) is 2. The summed E-state index contributed by atoms with van der Waals surface area (Å²) in [6.07, 6.45) is 1.98. The van der Waals surface area contributed by atoms with E-state index in [0.29, 0.717) is 10.6 Å². The third kappa shape index (κ3) is 4.53. The number of nitrogens with zero attached hydrogens (tertiary/aromatic N) is 4. The molecular weight excluding hydrogens is 357 g/mol. The number of anilines is 1. The Morgan fingerprint density at radius 1 is 1.52 bits per heavy atom. The van der Waals surface area contributed by atoms with Crippen molar-refractivity contribution >= 4 is 34.0 Å². The molecule has 0 atom stereocenters. The minimum Gasteiger partial charge on any atom is -0.380 e. The lowest BCUT2D eigenvalue weighted by atomic mass is 10.3. The maximum atomic E-state index is 12.6. The summed E-state index contributed by atoms with van der Waals surface area (Å²) in [6.45, 7) is 5.03. The van der Waals surface area contributed by atoms with Crippen LogP contribution in [0.15, 0.2) is 42.4 Å². The molecule has 2 aromatic heterocycles. The van der Waals surface area contributed by atoms with Crippen molar-refractivity contribution in [1.82, 2.24) is 14.5 Å². The lowest BCUT2D eigenvalue weighted by molar-refractivity contribution is -0.0597. The zero-order valence-electron chi connectivity index (χ0n) is 12.9. The van der Waals surface area contributed by atoms with Gasteiger partial charge in [0.2, 0.25) is 5.84 Å². The topological polar surface area (TPSA) is 98.2 Å². The number of alkyl halides is 3. The molecule has 1 amide bonds. The van der Waals surface area contributed by atoms with Crippen molar-refractivity contribution in [3.63, 3.8) is 0 Å². The van der Waals surface area contributed by atoms with Crippen LogP contribution in [0.5, 0.6) is 0 Å². The number of rotatable bonds is 4. The van der Waals surface area contributed by atoms with Crippen LogP contribution >= 0.6 is 11.3 Å². The molecule has 0 aliphatic heterocycles. The zero-order chi connectivity index (χ0) is 18.6. The molecule has 25 heavy (non-hydrogen) atoms. The average Bonchev–Trinajstić information content (AvgIpc) is 3.15. The van der Waals surface area contributed by atoms with Crippen LogP contribution in [-0.2, 0) is 0 Å². The predicted molar refractivity (Wildman–Crippen MR) is 89.3 cm³/mol. The average molecular weight is 370 g/mol. The van der Waals surface area contributed by atoms with Crippen molar-refractivity contribution in [3.8, 4) is 0 Å². The molecule has 0 saturated carbocycles. The molecule has 0 aliphatic carbocycles. The number of amidine groups is 1. The van der Waals surface area contributed by atoms with Gasteiger partial charge in [-0.05, 0) is 13.0 Å². The third-order valence-electron chi connectivity index (χ3n) is 2.79. The maximum Gasteiger partial charge on any atom is 0.448 e. The summed E-state index contributed by atoms with van der Waals surface area (Å²) in [5, 5.41) is 2.72. The molecule has 0 fully saturated rings. The lowest BCUT2D eigenvalue weighted by Crippen LogP contribution is -2.31. The third-order valence-corrected chi connectivity index (χ3v) is 3.88. The van der Waals surface area contributed by atoms with E-state index < -0.39 is 18.0 Å². The smallest absolute Gasteiger partial charge is 0.380 e. The van der Waals surface area contributed by atoms with Gasteiger partial charge in [-0.15, -0.1) is 0 Å². The number of carbonyl (C=O) groups is 1. The number of nitrogens with one attached hydrogen (secondary N) is 1. The summed E-state index contributed by atoms with van der Waals surface area (Å²) < 4.78 is 39.0. The first kappa shape index (κ1) is 18.4. The fourth-order valence-corrected chi connectivity index (χ4v) is 2.62. The number of carbonyl (C=O) groups excluding carboxylic acids is 1. The second-order valence-electron chi connectivity index (χ2n) is 4.62. The van der Waals surface area contributed by atoms with Crippen molar-refractivity contribution in [2.75, 3.05) is 5.32 Å². The molecule has 132 valence electrons. The van der Waals surface area contributed by atoms with Crippen LogP contribution in [-0.4, -0.2) is 32.6 Å². The number of halogens is 3. The van der Waals surface area contributed by atoms with Crippen LogP contribution < -0.4 is 11.1 Å². The summed E-state index contributed by atoms with van der Waals surface area (Å²) in [4.78, 5) is 23.6. The first-order valence-corrected chi connectivity index (χ1v) is 7.55. The summed E-state index contributed by atoms with van der Waals surface area (Å²) in [5.74, 6) is -1.49. The van der Waals surface area contributed by atoms with Gasteiger partial charge in [-0.25, -0.2) is 19.8 Å². The summed E-state index contributed by atoms with van der Waals surface area (Å²) in [5.41, 5.74) is 5.31. The number of aryl methyl sites for hydroxylation is 1. The Morgan fingerprint density at radius 3 is 2.80 bits per heavy atom. The highest BCUT2D eigenvalue weighted by Crippen LogP contribution is 2.31. The minimum absolute atomic E-state index is 0.0528. The van der Waals surface area contributed by atoms with Gasteiger partial charge < -0.3 is 5.73 Å². The Hall–Kier alpha value is -2.95. The monoisotopic (exact) mass is 370 g/mol. The van der Waals surface area contributed by atoms with Crippen LogP contribution in [0.4, 0.5) is 23.1 Å². The highest BCUT2D eigenvalue weighted by Gasteiger charge is 2.34. The number of amides is 1. The summed E-state index contributed by atoms with van der Waals surface area (Å²) in [6, 6.07) is -0.509. The SMILES string of the molecule is C=C/C=C(\N=C(N)C(F)(F)F)c1sc(NC(=O)n2ccnc2)nc1C. The van der Waals surface area contributed by atoms with Gasteiger partial charge >= 0.3 is 12.2 Å². The van der Waals surface area contributed by atoms with Crippen molar-refractivity contribution < 1.29 is 18.0 Å². The van der Waals surface area contributed by atoms with E-state index in [-0.39, 0.29) is 10.8 Å². The van der Waals surface area contributed by atoms with Gasteiger partial charge in [0.25, 0.3) is 0 Å². The largest absolute Gasteiger partial charge is 0.448 e. The molecule has 7 nitrogen and oxygen atoms in total. The normalized spacial score (nSPS) is 13.0. The maximum absolute atomic E-state index is 12.6. The molecule has 0 aliphatic rings. The first-order valence-electron chi connectivity index (χ1n) is 6.73. The van der Waals surface area contributed by atoms with E-state index in [4.69, 9.17) is 5.73 Å². The predicted octanol–water partition coefficient (Wildman–Crippen LogP) is 3.17. The molecule has 0 bridgehead atoms. The van der Waals surface area contributed by atoms with Gasteiger partial charge in [-0.3, -0.25) is 9.88 Å². The molecule has 2 aromatic rings. The fourth-order valence-electron chi connectivity index (χ4n) is 1.69. The Labute approximate surface area is 144 Å². The van der Waals surface area contributed by atoms with Crippen LogP contribution in [0.3, 0.4) is 0 Å². The number of thiazole rings is 1. The van der Waals surface area contributed by atoms with Gasteiger partial charge in [-0.1, -0.05) is 24.0 Å². The Bertz CT molecular complexity index is 835. The van der Waals surface area contributed by atoms with Crippen molar-refractivity contribution in [2.45, 2.75) is 13.1 Å². The molecule has 0 saturated heterocycles. The standard InChI is InChI=1S/C14H13F3N6OS/c1-3-4-9(21-11(18)14(15,16)17)10-8(2)20-12(25-10)22-13(24)23-6-5-19-7-23/h3-7H,1H2,2H3,(H2,18,21)(H,20,22,24)/b9-4-. The molecule has 0 radical (unpaired) electrons. The van der Waals surface area contributed by atoms with Gasteiger partial charge in [0, 0.05) is 12.4 Å². The van der Waals surface area contributed by atoms with E-state index in [2.05, 4.69) is 26.9 Å². The van der Waals surface area contributed by atoms with E-state index in [0.717, 1.165) is 11.3 Å². The van der Waals surface area contributed by atoms with Crippen molar-refractivity contribution in [3.05, 3.63) is 48.0 Å². The van der Waals surface area contributed by atoms with Crippen molar-refractivity contribution in [2.24, 2.45) is 10.7 Å². The number of imidazole rings is 1. The van der Waals surface area contributed by atoms with Gasteiger partial charge in [0.1, 0.15) is 6.33 Å². The molecule has 2 rings (SSSR count). The molecule has 0 aromatic carbocycles. The quantitative estimate of drug-likeness (QED) is 0.491. The van der Waals surface area contributed by atoms with Crippen LogP contribution in [0.1, 0.15) is 10.6 Å². The van der Waals surface area contributed by atoms with Gasteiger partial charge in [0.05, 0.1) is 16.3 Å². The number of hydrogen-bond acceptors (Lipinski definition) is 5. The molecule has 11 heteroatoms. The molecule has 0 spiro atoms. The Balaban J connectivity index is 2.32. The summed E-state index contributed by atoms with van der Waals surface area (Å²) in [7, 11) is 0. The number of nitrogens with two attached hydrogens (primary N) is 1. The van der Waals surface area contributed by atoms with Crippen LogP contribution in [0, 0.1) is 6.92 Å². The fraction of sp³-hybridized carbons (Fsp3) is 0.143. The number of aliphatic imine (C=N–C) groups is 1. The highest BCUT2D eigenvalue weighted by atomic mass is 32.1. The molecule has 2 heterocycles. The van der Waals surface area contributed by atoms with E-state index >= 15 is 0 Å². The van der Waals surface area contributed by atoms with E-state index in [1.54, 1.807) is 6.92 Å². The second-order valence-corrected chi connectivity index (χ2v) is 5.62. The van der Waals surface area contributed by atoms with Crippen molar-refractivity contribution in [1.29, 1.82) is 0 Å². The zero-order valence-corrected chi connectivity index (χ0v) is 13.7. The minimum atomic E-state index is -4.75. The number of allylic oxidation sites excluding steroid dienone is 2. The van der Waals surface area contributed by atoms with Crippen LogP contribution in [0.25, 0.3) is 5.70 Å². The molecule has 3 N–H and O–H groups in total. The first-order chi connectivity index (χ1) is 11.7. The molecular formula is C14H13F3N6OS. The Morgan fingerprint density at radius 2 is 2.24 bits per heavy atom.